The first-order valence-electron chi connectivity index (χ1n) is 9.60. The molecule has 2 aromatic rings. The Morgan fingerprint density at radius 1 is 0.923 bits per heavy atom. The summed E-state index contributed by atoms with van der Waals surface area (Å²) in [6, 6.07) is 12.8. The van der Waals surface area contributed by atoms with Crippen LogP contribution in [0.2, 0.25) is 0 Å². The summed E-state index contributed by atoms with van der Waals surface area (Å²) >= 11 is 0. The van der Waals surface area contributed by atoms with Crippen molar-refractivity contribution in [3.63, 3.8) is 0 Å². The summed E-state index contributed by atoms with van der Waals surface area (Å²) < 4.78 is 0. The van der Waals surface area contributed by atoms with Crippen molar-refractivity contribution in [2.75, 3.05) is 36.0 Å². The summed E-state index contributed by atoms with van der Waals surface area (Å²) in [5.41, 5.74) is 2.98. The molecule has 1 aromatic heterocycles. The Hall–Kier alpha value is -2.56. The number of carbonyl (C=O) groups is 1. The number of hydrogen-bond donors (Lipinski definition) is 1. The van der Waals surface area contributed by atoms with Crippen LogP contribution in [0.25, 0.3) is 0 Å². The minimum Gasteiger partial charge on any atom is -0.368 e. The number of nitrogens with zero attached hydrogens (tertiary/aromatic N) is 3. The zero-order valence-corrected chi connectivity index (χ0v) is 15.1. The van der Waals surface area contributed by atoms with Crippen molar-refractivity contribution in [2.24, 2.45) is 0 Å². The van der Waals surface area contributed by atoms with E-state index in [1.54, 1.807) is 6.20 Å². The molecule has 5 heteroatoms. The Morgan fingerprint density at radius 3 is 2.27 bits per heavy atom. The fourth-order valence-corrected chi connectivity index (χ4v) is 3.93. The van der Waals surface area contributed by atoms with Crippen molar-refractivity contribution < 1.29 is 4.79 Å². The number of para-hydroxylation sites is 1. The summed E-state index contributed by atoms with van der Waals surface area (Å²) in [5, 5.41) is 3.15. The highest BCUT2D eigenvalue weighted by Crippen LogP contribution is 2.21. The molecule has 1 saturated heterocycles. The van der Waals surface area contributed by atoms with Crippen LogP contribution in [0.5, 0.6) is 0 Å². The second-order valence-corrected chi connectivity index (χ2v) is 7.20. The Balaban J connectivity index is 1.38. The first-order valence-corrected chi connectivity index (χ1v) is 9.60. The molecule has 5 nitrogen and oxygen atoms in total. The predicted octanol–water partition coefficient (Wildman–Crippen LogP) is 3.08. The molecule has 1 amide bonds. The standard InChI is InChI=1S/C21H26N4O/c26-21(23-18-6-4-5-7-18)17-14-20(16-22-15-17)25-12-10-24(11-13-25)19-8-2-1-3-9-19/h1-3,8-9,14-16,18H,4-7,10-13H2,(H,23,26). The molecule has 26 heavy (non-hydrogen) atoms. The minimum atomic E-state index is 0.00849. The fourth-order valence-electron chi connectivity index (χ4n) is 3.93. The largest absolute Gasteiger partial charge is 0.368 e. The van der Waals surface area contributed by atoms with Crippen molar-refractivity contribution >= 4 is 17.3 Å². The molecule has 2 aliphatic rings. The molecule has 4 rings (SSSR count). The molecular formula is C21H26N4O. The molecule has 1 N–H and O–H groups in total. The highest BCUT2D eigenvalue weighted by molar-refractivity contribution is 5.95. The van der Waals surface area contributed by atoms with E-state index in [1.165, 1.54) is 18.5 Å². The van der Waals surface area contributed by atoms with Crippen LogP contribution >= 0.6 is 0 Å². The third-order valence-electron chi connectivity index (χ3n) is 5.44. The van der Waals surface area contributed by atoms with Gasteiger partial charge in [-0.05, 0) is 31.0 Å². The van der Waals surface area contributed by atoms with Gasteiger partial charge in [-0.1, -0.05) is 31.0 Å². The molecule has 0 bridgehead atoms. The van der Waals surface area contributed by atoms with Gasteiger partial charge in [0.25, 0.3) is 5.91 Å². The van der Waals surface area contributed by atoms with Gasteiger partial charge < -0.3 is 15.1 Å². The molecule has 1 aliphatic carbocycles. The van der Waals surface area contributed by atoms with E-state index >= 15 is 0 Å². The highest BCUT2D eigenvalue weighted by atomic mass is 16.1. The molecule has 0 unspecified atom stereocenters. The molecule has 0 spiro atoms. The summed E-state index contributed by atoms with van der Waals surface area (Å²) in [5.74, 6) is 0.00849. The Labute approximate surface area is 155 Å². The number of nitrogens with one attached hydrogen (secondary N) is 1. The molecule has 0 radical (unpaired) electrons. The number of anilines is 2. The van der Waals surface area contributed by atoms with Gasteiger partial charge in [-0.15, -0.1) is 0 Å². The molecule has 0 atom stereocenters. The average molecular weight is 350 g/mol. The molecule has 136 valence electrons. The van der Waals surface area contributed by atoms with Gasteiger partial charge in [0, 0.05) is 44.1 Å². The van der Waals surface area contributed by atoms with Gasteiger partial charge in [-0.2, -0.15) is 0 Å². The molecular weight excluding hydrogens is 324 g/mol. The van der Waals surface area contributed by atoms with Gasteiger partial charge in [-0.25, -0.2) is 0 Å². The maximum atomic E-state index is 12.5. The average Bonchev–Trinajstić information content (AvgIpc) is 3.22. The van der Waals surface area contributed by atoms with Gasteiger partial charge in [0.15, 0.2) is 0 Å². The minimum absolute atomic E-state index is 0.00849. The van der Waals surface area contributed by atoms with Crippen LogP contribution in [0.15, 0.2) is 48.8 Å². The Kier molecular flexibility index (Phi) is 5.04. The normalized spacial score (nSPS) is 18.2. The van der Waals surface area contributed by atoms with Crippen molar-refractivity contribution in [1.82, 2.24) is 10.3 Å². The molecule has 1 aromatic carbocycles. The van der Waals surface area contributed by atoms with Crippen LogP contribution in [0, 0.1) is 0 Å². The van der Waals surface area contributed by atoms with Gasteiger partial charge in [-0.3, -0.25) is 9.78 Å². The molecule has 2 fully saturated rings. The van der Waals surface area contributed by atoms with Crippen LogP contribution in [0.4, 0.5) is 11.4 Å². The second-order valence-electron chi connectivity index (χ2n) is 7.20. The van der Waals surface area contributed by atoms with Crippen molar-refractivity contribution in [3.05, 3.63) is 54.4 Å². The van der Waals surface area contributed by atoms with E-state index in [1.807, 2.05) is 18.3 Å². The van der Waals surface area contributed by atoms with Gasteiger partial charge in [0.2, 0.25) is 0 Å². The first-order chi connectivity index (χ1) is 12.8. The third kappa shape index (κ3) is 3.82. The van der Waals surface area contributed by atoms with Crippen molar-refractivity contribution in [3.8, 4) is 0 Å². The molecule has 2 heterocycles. The maximum absolute atomic E-state index is 12.5. The lowest BCUT2D eigenvalue weighted by Gasteiger charge is -2.37. The Morgan fingerprint density at radius 2 is 1.58 bits per heavy atom. The lowest BCUT2D eigenvalue weighted by Crippen LogP contribution is -2.46. The summed E-state index contributed by atoms with van der Waals surface area (Å²) in [6.07, 6.45) is 8.17. The van der Waals surface area contributed by atoms with Crippen LogP contribution in [-0.4, -0.2) is 43.1 Å². The number of pyridine rings is 1. The number of benzene rings is 1. The highest BCUT2D eigenvalue weighted by Gasteiger charge is 2.21. The number of piperazine rings is 1. The van der Waals surface area contributed by atoms with E-state index < -0.39 is 0 Å². The third-order valence-corrected chi connectivity index (χ3v) is 5.44. The lowest BCUT2D eigenvalue weighted by molar-refractivity contribution is 0.0937. The number of amides is 1. The quantitative estimate of drug-likeness (QED) is 0.921. The van der Waals surface area contributed by atoms with Gasteiger partial charge >= 0.3 is 0 Å². The van der Waals surface area contributed by atoms with Gasteiger partial charge in [0.05, 0.1) is 17.4 Å². The van der Waals surface area contributed by atoms with E-state index in [-0.39, 0.29) is 5.91 Å². The number of rotatable bonds is 4. The summed E-state index contributed by atoms with van der Waals surface area (Å²) in [6.45, 7) is 3.82. The lowest BCUT2D eigenvalue weighted by atomic mass is 10.2. The van der Waals surface area contributed by atoms with Crippen LogP contribution in [0.3, 0.4) is 0 Å². The molecule has 1 saturated carbocycles. The number of hydrogen-bond acceptors (Lipinski definition) is 4. The maximum Gasteiger partial charge on any atom is 0.253 e. The van der Waals surface area contributed by atoms with E-state index in [2.05, 4.69) is 44.4 Å². The van der Waals surface area contributed by atoms with Crippen molar-refractivity contribution in [2.45, 2.75) is 31.7 Å². The van der Waals surface area contributed by atoms with E-state index in [9.17, 15) is 4.79 Å². The topological polar surface area (TPSA) is 48.5 Å². The summed E-state index contributed by atoms with van der Waals surface area (Å²) in [7, 11) is 0. The molecule has 1 aliphatic heterocycles. The fraction of sp³-hybridized carbons (Fsp3) is 0.429. The summed E-state index contributed by atoms with van der Waals surface area (Å²) in [4.78, 5) is 21.5. The zero-order chi connectivity index (χ0) is 17.8. The van der Waals surface area contributed by atoms with Crippen LogP contribution in [0.1, 0.15) is 36.0 Å². The van der Waals surface area contributed by atoms with E-state index in [0.717, 1.165) is 44.7 Å². The predicted molar refractivity (Wildman–Crippen MR) is 105 cm³/mol. The second kappa shape index (κ2) is 7.77. The van der Waals surface area contributed by atoms with E-state index in [4.69, 9.17) is 0 Å². The zero-order valence-electron chi connectivity index (χ0n) is 15.1. The number of aromatic nitrogens is 1. The Bertz CT molecular complexity index is 735. The SMILES string of the molecule is O=C(NC1CCCC1)c1cncc(N2CCN(c3ccccc3)CC2)c1. The smallest absolute Gasteiger partial charge is 0.253 e. The van der Waals surface area contributed by atoms with Crippen molar-refractivity contribution in [1.29, 1.82) is 0 Å². The van der Waals surface area contributed by atoms with Crippen LogP contribution in [-0.2, 0) is 0 Å². The number of carbonyl (C=O) groups excluding carboxylic acids is 1. The monoisotopic (exact) mass is 350 g/mol. The van der Waals surface area contributed by atoms with Crippen LogP contribution < -0.4 is 15.1 Å². The first kappa shape index (κ1) is 16.9. The van der Waals surface area contributed by atoms with Gasteiger partial charge in [0.1, 0.15) is 0 Å². The van der Waals surface area contributed by atoms with E-state index in [0.29, 0.717) is 11.6 Å².